The van der Waals surface area contributed by atoms with Gasteiger partial charge in [0.15, 0.2) is 0 Å². The molecular formula is C15H23NO3. The van der Waals surface area contributed by atoms with E-state index >= 15 is 0 Å². The Morgan fingerprint density at radius 2 is 2.16 bits per heavy atom. The van der Waals surface area contributed by atoms with E-state index in [4.69, 9.17) is 4.74 Å². The van der Waals surface area contributed by atoms with Crippen LogP contribution in [0.3, 0.4) is 0 Å². The molecule has 0 radical (unpaired) electrons. The molecule has 4 heteroatoms. The lowest BCUT2D eigenvalue weighted by atomic mass is 10.0. The highest BCUT2D eigenvalue weighted by Gasteiger charge is 2.15. The Balaban J connectivity index is 2.73. The molecule has 1 atom stereocenters. The first kappa shape index (κ1) is 15.5. The number of aliphatic hydroxyl groups is 1. The maximum atomic E-state index is 11.6. The van der Waals surface area contributed by atoms with Crippen LogP contribution in [0.4, 0.5) is 0 Å². The van der Waals surface area contributed by atoms with Gasteiger partial charge in [-0.2, -0.15) is 0 Å². The first-order chi connectivity index (χ1) is 8.99. The molecule has 1 amide bonds. The Bertz CT molecular complexity index is 429. The number of rotatable bonds is 6. The smallest absolute Gasteiger partial charge is 0.250 e. The molecule has 0 bridgehead atoms. The van der Waals surface area contributed by atoms with E-state index < -0.39 is 6.10 Å². The van der Waals surface area contributed by atoms with E-state index in [-0.39, 0.29) is 5.91 Å². The molecule has 0 spiro atoms. The molecule has 0 aliphatic carbocycles. The summed E-state index contributed by atoms with van der Waals surface area (Å²) in [5.41, 5.74) is 2.34. The zero-order valence-corrected chi connectivity index (χ0v) is 12.1. The summed E-state index contributed by atoms with van der Waals surface area (Å²) in [5.74, 6) is 0.584. The Morgan fingerprint density at radius 1 is 1.47 bits per heavy atom. The molecule has 0 aromatic heterocycles. The van der Waals surface area contributed by atoms with Gasteiger partial charge in [0.05, 0.1) is 7.11 Å². The normalized spacial score (nSPS) is 12.1. The van der Waals surface area contributed by atoms with Crippen molar-refractivity contribution in [1.29, 1.82) is 0 Å². The SMILES string of the molecule is CCc1ccc(OC)c(CCN(C)C(=O)C(C)O)c1. The predicted molar refractivity (Wildman–Crippen MR) is 75.4 cm³/mol. The minimum absolute atomic E-state index is 0.259. The van der Waals surface area contributed by atoms with Crippen molar-refractivity contribution < 1.29 is 14.6 Å². The van der Waals surface area contributed by atoms with Crippen LogP contribution in [0.5, 0.6) is 5.75 Å². The average molecular weight is 265 g/mol. The van der Waals surface area contributed by atoms with E-state index in [9.17, 15) is 9.90 Å². The maximum Gasteiger partial charge on any atom is 0.250 e. The number of ether oxygens (including phenoxy) is 1. The largest absolute Gasteiger partial charge is 0.496 e. The van der Waals surface area contributed by atoms with Crippen LogP contribution >= 0.6 is 0 Å². The van der Waals surface area contributed by atoms with E-state index in [2.05, 4.69) is 13.0 Å². The van der Waals surface area contributed by atoms with Crippen LogP contribution in [0.15, 0.2) is 18.2 Å². The molecule has 19 heavy (non-hydrogen) atoms. The van der Waals surface area contributed by atoms with Crippen molar-refractivity contribution >= 4 is 5.91 Å². The molecule has 0 saturated carbocycles. The highest BCUT2D eigenvalue weighted by Crippen LogP contribution is 2.21. The van der Waals surface area contributed by atoms with E-state index in [1.165, 1.54) is 12.5 Å². The molecular weight excluding hydrogens is 242 g/mol. The lowest BCUT2D eigenvalue weighted by Gasteiger charge is -2.19. The molecule has 0 aliphatic rings. The third kappa shape index (κ3) is 4.24. The van der Waals surface area contributed by atoms with Crippen LogP contribution in [-0.2, 0) is 17.6 Å². The minimum atomic E-state index is -0.950. The quantitative estimate of drug-likeness (QED) is 0.850. The number of carbonyl (C=O) groups is 1. The summed E-state index contributed by atoms with van der Waals surface area (Å²) in [6, 6.07) is 6.12. The number of aliphatic hydroxyl groups excluding tert-OH is 1. The lowest BCUT2D eigenvalue weighted by Crippen LogP contribution is -2.36. The van der Waals surface area contributed by atoms with Gasteiger partial charge in [0.1, 0.15) is 11.9 Å². The fourth-order valence-corrected chi connectivity index (χ4v) is 1.96. The summed E-state index contributed by atoms with van der Waals surface area (Å²) in [4.78, 5) is 13.1. The zero-order chi connectivity index (χ0) is 14.4. The van der Waals surface area contributed by atoms with Gasteiger partial charge in [-0.1, -0.05) is 19.1 Å². The molecule has 106 valence electrons. The van der Waals surface area contributed by atoms with Gasteiger partial charge < -0.3 is 14.7 Å². The van der Waals surface area contributed by atoms with Crippen LogP contribution in [-0.4, -0.2) is 42.7 Å². The van der Waals surface area contributed by atoms with E-state index in [1.54, 1.807) is 19.1 Å². The standard InChI is InChI=1S/C15H23NO3/c1-5-12-6-7-14(19-4)13(10-12)8-9-16(3)15(18)11(2)17/h6-7,10-11,17H,5,8-9H2,1-4H3. The van der Waals surface area contributed by atoms with Crippen LogP contribution in [0.25, 0.3) is 0 Å². The van der Waals surface area contributed by atoms with Gasteiger partial charge in [-0.25, -0.2) is 0 Å². The van der Waals surface area contributed by atoms with E-state index in [0.717, 1.165) is 17.7 Å². The number of likely N-dealkylation sites (N-methyl/N-ethyl adjacent to an activating group) is 1. The van der Waals surface area contributed by atoms with Crippen LogP contribution in [0.2, 0.25) is 0 Å². The number of benzene rings is 1. The summed E-state index contributed by atoms with van der Waals surface area (Å²) in [6.45, 7) is 4.15. The van der Waals surface area contributed by atoms with Gasteiger partial charge in [-0.05, 0) is 37.0 Å². The van der Waals surface area contributed by atoms with Crippen LogP contribution in [0, 0.1) is 0 Å². The number of hydrogen-bond donors (Lipinski definition) is 1. The Kier molecular flexibility index (Phi) is 5.83. The predicted octanol–water partition coefficient (Wildman–Crippen LogP) is 1.64. The summed E-state index contributed by atoms with van der Waals surface area (Å²) >= 11 is 0. The van der Waals surface area contributed by atoms with Crippen molar-refractivity contribution in [2.45, 2.75) is 32.8 Å². The van der Waals surface area contributed by atoms with Crippen LogP contribution in [0.1, 0.15) is 25.0 Å². The van der Waals surface area contributed by atoms with Crippen molar-refractivity contribution in [3.05, 3.63) is 29.3 Å². The monoisotopic (exact) mass is 265 g/mol. The summed E-state index contributed by atoms with van der Waals surface area (Å²) in [5, 5.41) is 9.26. The highest BCUT2D eigenvalue weighted by molar-refractivity contribution is 5.79. The topological polar surface area (TPSA) is 49.8 Å². The molecule has 1 N–H and O–H groups in total. The first-order valence-corrected chi connectivity index (χ1v) is 6.58. The highest BCUT2D eigenvalue weighted by atomic mass is 16.5. The summed E-state index contributed by atoms with van der Waals surface area (Å²) < 4.78 is 5.33. The second kappa shape index (κ2) is 7.14. The van der Waals surface area contributed by atoms with Crippen molar-refractivity contribution in [1.82, 2.24) is 4.90 Å². The van der Waals surface area contributed by atoms with Gasteiger partial charge in [0.25, 0.3) is 5.91 Å². The number of nitrogens with zero attached hydrogens (tertiary/aromatic N) is 1. The van der Waals surface area contributed by atoms with E-state index in [0.29, 0.717) is 13.0 Å². The Labute approximate surface area is 115 Å². The minimum Gasteiger partial charge on any atom is -0.496 e. The summed E-state index contributed by atoms with van der Waals surface area (Å²) in [6.07, 6.45) is 0.736. The maximum absolute atomic E-state index is 11.6. The van der Waals surface area contributed by atoms with Gasteiger partial charge in [0, 0.05) is 13.6 Å². The van der Waals surface area contributed by atoms with E-state index in [1.807, 2.05) is 12.1 Å². The van der Waals surface area contributed by atoms with Crippen molar-refractivity contribution in [3.8, 4) is 5.75 Å². The second-order valence-corrected chi connectivity index (χ2v) is 4.69. The lowest BCUT2D eigenvalue weighted by molar-refractivity contribution is -0.137. The molecule has 1 rings (SSSR count). The number of hydrogen-bond acceptors (Lipinski definition) is 3. The number of aryl methyl sites for hydroxylation is 1. The fraction of sp³-hybridized carbons (Fsp3) is 0.533. The zero-order valence-electron chi connectivity index (χ0n) is 12.1. The average Bonchev–Trinajstić information content (AvgIpc) is 2.43. The van der Waals surface area contributed by atoms with Gasteiger partial charge in [-0.3, -0.25) is 4.79 Å². The van der Waals surface area contributed by atoms with Gasteiger partial charge in [0.2, 0.25) is 0 Å². The fourth-order valence-electron chi connectivity index (χ4n) is 1.96. The van der Waals surface area contributed by atoms with Crippen molar-refractivity contribution in [3.63, 3.8) is 0 Å². The molecule has 4 nitrogen and oxygen atoms in total. The Hall–Kier alpha value is -1.55. The molecule has 0 fully saturated rings. The molecule has 1 aromatic carbocycles. The Morgan fingerprint density at radius 3 is 2.68 bits per heavy atom. The third-order valence-corrected chi connectivity index (χ3v) is 3.20. The van der Waals surface area contributed by atoms with Crippen molar-refractivity contribution in [2.75, 3.05) is 20.7 Å². The van der Waals surface area contributed by atoms with Gasteiger partial charge >= 0.3 is 0 Å². The molecule has 0 aliphatic heterocycles. The number of carbonyl (C=O) groups excluding carboxylic acids is 1. The number of methoxy groups -OCH3 is 1. The molecule has 0 heterocycles. The van der Waals surface area contributed by atoms with Crippen molar-refractivity contribution in [2.24, 2.45) is 0 Å². The third-order valence-electron chi connectivity index (χ3n) is 3.20. The van der Waals surface area contributed by atoms with Gasteiger partial charge in [-0.15, -0.1) is 0 Å². The molecule has 0 saturated heterocycles. The molecule has 1 aromatic rings. The van der Waals surface area contributed by atoms with Crippen LogP contribution < -0.4 is 4.74 Å². The second-order valence-electron chi connectivity index (χ2n) is 4.69. The number of amides is 1. The summed E-state index contributed by atoms with van der Waals surface area (Å²) in [7, 11) is 3.35. The molecule has 1 unspecified atom stereocenters. The first-order valence-electron chi connectivity index (χ1n) is 6.58.